The van der Waals surface area contributed by atoms with E-state index in [0.717, 1.165) is 0 Å². The number of hydrogen-bond acceptors (Lipinski definition) is 3. The fourth-order valence-corrected chi connectivity index (χ4v) is 0.674. The van der Waals surface area contributed by atoms with Crippen molar-refractivity contribution in [3.05, 3.63) is 56.2 Å². The van der Waals surface area contributed by atoms with Gasteiger partial charge in [-0.05, 0) is 5.92 Å². The van der Waals surface area contributed by atoms with Gasteiger partial charge in [-0.3, -0.25) is 19.9 Å². The van der Waals surface area contributed by atoms with Crippen molar-refractivity contribution >= 4 is 5.97 Å². The van der Waals surface area contributed by atoms with Crippen molar-refractivity contribution in [2.24, 2.45) is 5.92 Å². The predicted molar refractivity (Wildman–Crippen MR) is 72.1 cm³/mol. The van der Waals surface area contributed by atoms with Crippen LogP contribution in [0.4, 0.5) is 0 Å². The average molecular weight is 292 g/mol. The fourth-order valence-electron chi connectivity index (χ4n) is 0.674. The Morgan fingerprint density at radius 1 is 1.19 bits per heavy atom. The van der Waals surface area contributed by atoms with Crippen LogP contribution in [0.3, 0.4) is 0 Å². The number of nitrogens with one attached hydrogen (secondary N) is 4. The van der Waals surface area contributed by atoms with Gasteiger partial charge in [-0.15, -0.1) is 0 Å². The molecule has 0 amide bonds. The number of carboxylic acids is 1. The Kier molecular flexibility index (Phi) is 11.7. The molecule has 3 rings (SSSR count). The van der Waals surface area contributed by atoms with Crippen molar-refractivity contribution < 1.29 is 19.9 Å². The molecule has 0 spiro atoms. The number of nitrogens with zero attached hydrogens (tertiary/aromatic N) is 2. The second kappa shape index (κ2) is 13.5. The minimum absolute atomic E-state index is 0.343. The maximum Gasteiger partial charge on any atom is 0.239 e. The van der Waals surface area contributed by atoms with Gasteiger partial charge in [-0.25, -0.2) is 0 Å². The van der Waals surface area contributed by atoms with Crippen molar-refractivity contribution in [2.75, 3.05) is 0 Å². The maximum absolute atomic E-state index is 9.59. The maximum atomic E-state index is 9.59. The minimum Gasteiger partial charge on any atom is -0.550 e. The zero-order valence-corrected chi connectivity index (χ0v) is 12.0. The molecule has 4 N–H and O–H groups in total. The SMILES string of the molecule is CC(C)C(=O)[O-].c1c[n-]cn1.c1c[nH+]c[nH]1.c1c[nH+]c[nH]1. The molecule has 0 radical (unpaired) electrons. The molecular formula is C13H20N6O2. The number of aromatic nitrogens is 6. The molecule has 0 bridgehead atoms. The standard InChI is InChI=1S/C4H8O2.2C3H4N2.C3H3N2/c1-3(2)4(5)6;3*1-2-5-3-4-1/h3H,1-2H3,(H,5,6);2*1-3H,(H,4,5);1-3H/q;;;-1/p+1. The monoisotopic (exact) mass is 292 g/mol. The summed E-state index contributed by atoms with van der Waals surface area (Å²) in [6.07, 6.45) is 15.6. The lowest BCUT2D eigenvalue weighted by Crippen LogP contribution is -2.27. The normalized spacial score (nSPS) is 8.33. The first-order valence-corrected chi connectivity index (χ1v) is 6.19. The number of carboxylic acid groups (broad SMARTS) is 1. The average Bonchev–Trinajstić information content (AvgIpc) is 3.25. The first-order valence-electron chi connectivity index (χ1n) is 6.19. The van der Waals surface area contributed by atoms with E-state index >= 15 is 0 Å². The molecule has 3 heterocycles. The molecule has 21 heavy (non-hydrogen) atoms. The van der Waals surface area contributed by atoms with Crippen molar-refractivity contribution in [3.8, 4) is 0 Å². The molecule has 114 valence electrons. The topological polar surface area (TPSA) is 127 Å². The highest BCUT2D eigenvalue weighted by Gasteiger charge is 1.87. The number of rotatable bonds is 1. The Balaban J connectivity index is 0.000000254. The first kappa shape index (κ1) is 18.1. The Morgan fingerprint density at radius 3 is 1.81 bits per heavy atom. The summed E-state index contributed by atoms with van der Waals surface area (Å²) in [5.74, 6) is -1.33. The van der Waals surface area contributed by atoms with Crippen LogP contribution in [-0.2, 0) is 4.79 Å². The lowest BCUT2D eigenvalue weighted by molar-refractivity contribution is -0.376. The largest absolute Gasteiger partial charge is 0.550 e. The first-order chi connectivity index (χ1) is 10.1. The Morgan fingerprint density at radius 2 is 1.71 bits per heavy atom. The van der Waals surface area contributed by atoms with Crippen molar-refractivity contribution in [2.45, 2.75) is 13.8 Å². The quantitative estimate of drug-likeness (QED) is 0.601. The second-order valence-corrected chi connectivity index (χ2v) is 3.81. The van der Waals surface area contributed by atoms with Crippen LogP contribution in [0.25, 0.3) is 0 Å². The lowest BCUT2D eigenvalue weighted by atomic mass is 10.2. The number of aliphatic carboxylic acids is 1. The number of carbonyl (C=O) groups is 1. The van der Waals surface area contributed by atoms with E-state index in [1.807, 2.05) is 24.8 Å². The van der Waals surface area contributed by atoms with Crippen molar-refractivity contribution in [1.82, 2.24) is 19.9 Å². The lowest BCUT2D eigenvalue weighted by Gasteiger charge is -2.01. The zero-order chi connectivity index (χ0) is 15.8. The van der Waals surface area contributed by atoms with Gasteiger partial charge < -0.3 is 19.9 Å². The summed E-state index contributed by atoms with van der Waals surface area (Å²) in [6, 6.07) is 0. The molecule has 0 saturated carbocycles. The Bertz CT molecular complexity index is 377. The van der Waals surface area contributed by atoms with Gasteiger partial charge in [0.15, 0.2) is 0 Å². The summed E-state index contributed by atoms with van der Waals surface area (Å²) in [4.78, 5) is 28.0. The van der Waals surface area contributed by atoms with Crippen LogP contribution in [0.2, 0.25) is 0 Å². The van der Waals surface area contributed by atoms with Gasteiger partial charge in [0.1, 0.15) is 24.8 Å². The third-order valence-electron chi connectivity index (χ3n) is 1.73. The molecule has 0 aliphatic heterocycles. The summed E-state index contributed by atoms with van der Waals surface area (Å²) in [7, 11) is 0. The van der Waals surface area contributed by atoms with E-state index in [2.05, 4.69) is 29.9 Å². The number of hydrogen-bond donors (Lipinski definition) is 2. The van der Waals surface area contributed by atoms with Gasteiger partial charge in [0.25, 0.3) is 0 Å². The highest BCUT2D eigenvalue weighted by molar-refractivity contribution is 5.66. The van der Waals surface area contributed by atoms with Crippen LogP contribution in [0, 0.1) is 5.92 Å². The third-order valence-corrected chi connectivity index (χ3v) is 1.73. The number of carbonyl (C=O) groups excluding carboxylic acids is 1. The van der Waals surface area contributed by atoms with Crippen molar-refractivity contribution in [3.63, 3.8) is 0 Å². The molecule has 0 unspecified atom stereocenters. The smallest absolute Gasteiger partial charge is 0.239 e. The zero-order valence-electron chi connectivity index (χ0n) is 12.0. The van der Waals surface area contributed by atoms with E-state index in [9.17, 15) is 9.90 Å². The van der Waals surface area contributed by atoms with E-state index in [4.69, 9.17) is 0 Å². The van der Waals surface area contributed by atoms with Crippen LogP contribution in [0.5, 0.6) is 0 Å². The molecule has 0 atom stereocenters. The molecule has 0 aromatic carbocycles. The number of aromatic amines is 4. The highest BCUT2D eigenvalue weighted by atomic mass is 16.4. The molecule has 3 aromatic heterocycles. The van der Waals surface area contributed by atoms with E-state index in [0.29, 0.717) is 0 Å². The Hall–Kier alpha value is -2.90. The van der Waals surface area contributed by atoms with Crippen molar-refractivity contribution in [1.29, 1.82) is 0 Å². The van der Waals surface area contributed by atoms with E-state index < -0.39 is 5.97 Å². The molecule has 8 heteroatoms. The number of imidazole rings is 3. The summed E-state index contributed by atoms with van der Waals surface area (Å²) in [5.41, 5.74) is 0. The Labute approximate surface area is 122 Å². The van der Waals surface area contributed by atoms with Gasteiger partial charge in [0, 0.05) is 5.97 Å². The van der Waals surface area contributed by atoms with E-state index in [-0.39, 0.29) is 5.92 Å². The van der Waals surface area contributed by atoms with E-state index in [1.54, 1.807) is 38.9 Å². The summed E-state index contributed by atoms with van der Waals surface area (Å²) in [6.45, 7) is 3.16. The van der Waals surface area contributed by atoms with Crippen LogP contribution >= 0.6 is 0 Å². The molecule has 0 saturated heterocycles. The molecule has 0 aliphatic rings. The van der Waals surface area contributed by atoms with Gasteiger partial charge in [0.05, 0.1) is 0 Å². The van der Waals surface area contributed by atoms with Crippen LogP contribution in [0.1, 0.15) is 13.8 Å². The summed E-state index contributed by atoms with van der Waals surface area (Å²) in [5, 5.41) is 9.59. The third kappa shape index (κ3) is 15.0. The highest BCUT2D eigenvalue weighted by Crippen LogP contribution is 1.83. The van der Waals surface area contributed by atoms with Crippen LogP contribution in [0.15, 0.2) is 56.2 Å². The molecule has 0 fully saturated rings. The minimum atomic E-state index is -0.991. The van der Waals surface area contributed by atoms with E-state index in [1.165, 1.54) is 6.33 Å². The van der Waals surface area contributed by atoms with Gasteiger partial charge in [-0.2, -0.15) is 0 Å². The number of H-pyrrole nitrogens is 4. The summed E-state index contributed by atoms with van der Waals surface area (Å²) < 4.78 is 0. The molecule has 3 aromatic rings. The van der Waals surface area contributed by atoms with Crippen LogP contribution < -0.4 is 20.1 Å². The van der Waals surface area contributed by atoms with Gasteiger partial charge in [0.2, 0.25) is 12.7 Å². The van der Waals surface area contributed by atoms with Crippen LogP contribution in [-0.4, -0.2) is 20.9 Å². The molecule has 8 nitrogen and oxygen atoms in total. The molecular weight excluding hydrogens is 272 g/mol. The van der Waals surface area contributed by atoms with Gasteiger partial charge in [-0.1, -0.05) is 32.6 Å². The summed E-state index contributed by atoms with van der Waals surface area (Å²) >= 11 is 0. The fraction of sp³-hybridized carbons (Fsp3) is 0.231. The second-order valence-electron chi connectivity index (χ2n) is 3.81. The molecule has 0 aliphatic carbocycles. The van der Waals surface area contributed by atoms with Gasteiger partial charge >= 0.3 is 0 Å². The predicted octanol–water partition coefficient (Wildman–Crippen LogP) is -0.911.